The van der Waals surface area contributed by atoms with Gasteiger partial charge in [0.15, 0.2) is 0 Å². The first-order valence-corrected chi connectivity index (χ1v) is 32.6. The maximum atomic E-state index is 12.5. The second-order valence-corrected chi connectivity index (χ2v) is 21.8. The van der Waals surface area contributed by atoms with Crippen molar-refractivity contribution in [1.29, 1.82) is 0 Å². The van der Waals surface area contributed by atoms with E-state index in [1.54, 1.807) is 6.08 Å². The summed E-state index contributed by atoms with van der Waals surface area (Å²) in [5.41, 5.74) is 0. The Morgan fingerprint density at radius 3 is 0.880 bits per heavy atom. The van der Waals surface area contributed by atoms with Crippen molar-refractivity contribution in [1.82, 2.24) is 5.32 Å². The van der Waals surface area contributed by atoms with Crippen LogP contribution in [0.15, 0.2) is 109 Å². The quantitative estimate of drug-likeness (QED) is 0.0420. The molecule has 0 saturated carbocycles. The third kappa shape index (κ3) is 61.8. The fraction of sp³-hybridized carbons (Fsp3) is 0.732. The van der Waals surface area contributed by atoms with E-state index >= 15 is 0 Å². The molecule has 3 N–H and O–H groups in total. The van der Waals surface area contributed by atoms with Gasteiger partial charge in [-0.15, -0.1) is 0 Å². The fourth-order valence-corrected chi connectivity index (χ4v) is 9.61. The lowest BCUT2D eigenvalue weighted by Gasteiger charge is -2.20. The summed E-state index contributed by atoms with van der Waals surface area (Å²) in [6.45, 7) is 4.22. The summed E-state index contributed by atoms with van der Waals surface area (Å²) in [6.07, 6.45) is 98.5. The molecule has 2 unspecified atom stereocenters. The number of rotatable bonds is 59. The molecule has 0 aromatic carbocycles. The van der Waals surface area contributed by atoms with Gasteiger partial charge in [-0.05, 0) is 83.5 Å². The summed E-state index contributed by atoms with van der Waals surface area (Å²) in [5, 5.41) is 23.2. The van der Waals surface area contributed by atoms with Gasteiger partial charge in [-0.25, -0.2) is 0 Å². The lowest BCUT2D eigenvalue weighted by Crippen LogP contribution is -2.45. The highest BCUT2D eigenvalue weighted by Gasteiger charge is 2.18. The van der Waals surface area contributed by atoms with Crippen LogP contribution in [0.1, 0.15) is 316 Å². The minimum absolute atomic E-state index is 0.0632. The molecule has 2 atom stereocenters. The van der Waals surface area contributed by atoms with Gasteiger partial charge in [0.1, 0.15) is 0 Å². The second-order valence-electron chi connectivity index (χ2n) is 21.8. The Labute approximate surface area is 467 Å². The lowest BCUT2D eigenvalue weighted by molar-refractivity contribution is -0.123. The van der Waals surface area contributed by atoms with Crippen molar-refractivity contribution in [2.24, 2.45) is 0 Å². The molecule has 0 bridgehead atoms. The van der Waals surface area contributed by atoms with Crippen molar-refractivity contribution >= 4 is 5.91 Å². The van der Waals surface area contributed by atoms with Crippen molar-refractivity contribution in [3.63, 3.8) is 0 Å². The molecule has 0 aliphatic heterocycles. The molecular formula is C71H125NO3. The molecule has 1 amide bonds. The van der Waals surface area contributed by atoms with Crippen LogP contribution < -0.4 is 5.32 Å². The van der Waals surface area contributed by atoms with Crippen LogP contribution in [-0.4, -0.2) is 34.9 Å². The van der Waals surface area contributed by atoms with E-state index in [9.17, 15) is 15.0 Å². The largest absolute Gasteiger partial charge is 0.394 e. The minimum Gasteiger partial charge on any atom is -0.394 e. The van der Waals surface area contributed by atoms with Crippen molar-refractivity contribution in [2.75, 3.05) is 6.61 Å². The molecule has 0 saturated heterocycles. The Morgan fingerprint density at radius 2 is 0.587 bits per heavy atom. The Bertz CT molecular complexity index is 1410. The molecule has 0 spiro atoms. The molecule has 0 heterocycles. The number of allylic oxidation sites excluding steroid dienone is 17. The molecule has 0 rings (SSSR count). The first-order chi connectivity index (χ1) is 37.2. The van der Waals surface area contributed by atoms with E-state index in [4.69, 9.17) is 0 Å². The standard InChI is InChI=1S/C71H125NO3/c1-3-5-7-9-11-13-15-17-19-21-23-25-27-28-29-30-31-32-33-34-35-36-37-38-39-40-41-42-43-44-45-47-49-51-53-55-57-59-61-63-65-67-71(75)72-69(68-73)70(74)66-64-62-60-58-56-54-52-50-48-46-26-24-22-20-18-16-14-12-10-8-6-4-2/h5,7,11,13,17,19,23,25,28-29,31-32,34-35,37-38,64,66,69-70,73-74H,3-4,6,8-10,12,14-16,18,20-22,24,26-27,30,33,36,39-63,65,67-68H2,1-2H3,(H,72,75)/b7-5-,13-11-,19-17-,25-23-,29-28-,32-31-,35-34-,38-37-,66-64+. The van der Waals surface area contributed by atoms with Gasteiger partial charge in [-0.2, -0.15) is 0 Å². The maximum absolute atomic E-state index is 12.5. The van der Waals surface area contributed by atoms with Gasteiger partial charge in [0.05, 0.1) is 18.8 Å². The maximum Gasteiger partial charge on any atom is 0.220 e. The van der Waals surface area contributed by atoms with Gasteiger partial charge in [0.2, 0.25) is 5.91 Å². The van der Waals surface area contributed by atoms with Crippen molar-refractivity contribution in [2.45, 2.75) is 328 Å². The number of carbonyl (C=O) groups excluding carboxylic acids is 1. The van der Waals surface area contributed by atoms with Crippen LogP contribution in [0.25, 0.3) is 0 Å². The molecule has 4 heteroatoms. The second kappa shape index (κ2) is 65.3. The molecule has 4 nitrogen and oxygen atoms in total. The minimum atomic E-state index is -0.844. The van der Waals surface area contributed by atoms with Crippen LogP contribution in [0.3, 0.4) is 0 Å². The van der Waals surface area contributed by atoms with Gasteiger partial charge >= 0.3 is 0 Å². The van der Waals surface area contributed by atoms with E-state index in [2.05, 4.69) is 116 Å². The van der Waals surface area contributed by atoms with Gasteiger partial charge in [-0.3, -0.25) is 4.79 Å². The highest BCUT2D eigenvalue weighted by molar-refractivity contribution is 5.76. The number of hydrogen-bond acceptors (Lipinski definition) is 3. The SMILES string of the molecule is CC/C=C\C/C=C\C/C=C\C/C=C\C/C=C\C/C=C\C/C=C\C/C=C\CCCCCCCCCCCCCCCCCCC(=O)NC(CO)C(O)/C=C/CCCCCCCCCCCCCCCCCCCCCC. The van der Waals surface area contributed by atoms with Gasteiger partial charge in [-0.1, -0.05) is 335 Å². The third-order valence-corrected chi connectivity index (χ3v) is 14.5. The molecule has 0 fully saturated rings. The van der Waals surface area contributed by atoms with E-state index in [-0.39, 0.29) is 12.5 Å². The number of aliphatic hydroxyl groups is 2. The summed E-state index contributed by atoms with van der Waals surface area (Å²) in [5.74, 6) is -0.0632. The first kappa shape index (κ1) is 72.0. The summed E-state index contributed by atoms with van der Waals surface area (Å²) >= 11 is 0. The van der Waals surface area contributed by atoms with Crippen molar-refractivity contribution < 1.29 is 15.0 Å². The molecular weight excluding hydrogens is 915 g/mol. The molecule has 75 heavy (non-hydrogen) atoms. The summed E-state index contributed by atoms with van der Waals surface area (Å²) < 4.78 is 0. The Morgan fingerprint density at radius 1 is 0.333 bits per heavy atom. The smallest absolute Gasteiger partial charge is 0.220 e. The first-order valence-electron chi connectivity index (χ1n) is 32.6. The molecule has 432 valence electrons. The van der Waals surface area contributed by atoms with Crippen LogP contribution in [-0.2, 0) is 4.79 Å². The number of nitrogens with one attached hydrogen (secondary N) is 1. The normalized spacial score (nSPS) is 13.5. The van der Waals surface area contributed by atoms with Gasteiger partial charge in [0.25, 0.3) is 0 Å². The van der Waals surface area contributed by atoms with Gasteiger partial charge in [0, 0.05) is 6.42 Å². The van der Waals surface area contributed by atoms with Crippen LogP contribution >= 0.6 is 0 Å². The van der Waals surface area contributed by atoms with E-state index in [1.807, 2.05) is 6.08 Å². The predicted molar refractivity (Wildman–Crippen MR) is 336 cm³/mol. The Balaban J connectivity index is 3.51. The Hall–Kier alpha value is -2.95. The topological polar surface area (TPSA) is 69.6 Å². The highest BCUT2D eigenvalue weighted by Crippen LogP contribution is 2.17. The van der Waals surface area contributed by atoms with Crippen molar-refractivity contribution in [3.05, 3.63) is 109 Å². The Kier molecular flexibility index (Phi) is 62.8. The zero-order chi connectivity index (χ0) is 54.1. The zero-order valence-electron chi connectivity index (χ0n) is 49.8. The summed E-state index contributed by atoms with van der Waals surface area (Å²) in [7, 11) is 0. The predicted octanol–water partition coefficient (Wildman–Crippen LogP) is 22.2. The average Bonchev–Trinajstić information content (AvgIpc) is 3.41. The number of carbonyl (C=O) groups is 1. The molecule has 0 aliphatic carbocycles. The molecule has 0 aliphatic rings. The third-order valence-electron chi connectivity index (χ3n) is 14.5. The lowest BCUT2D eigenvalue weighted by atomic mass is 10.0. The van der Waals surface area contributed by atoms with Crippen LogP contribution in [0, 0.1) is 0 Å². The number of unbranched alkanes of at least 4 members (excludes halogenated alkanes) is 36. The fourth-order valence-electron chi connectivity index (χ4n) is 9.61. The van der Waals surface area contributed by atoms with E-state index in [1.165, 1.54) is 218 Å². The number of hydrogen-bond donors (Lipinski definition) is 3. The summed E-state index contributed by atoms with van der Waals surface area (Å²) in [6, 6.07) is -0.628. The van der Waals surface area contributed by atoms with Crippen molar-refractivity contribution in [3.8, 4) is 0 Å². The molecule has 0 aromatic rings. The van der Waals surface area contributed by atoms with E-state index in [0.29, 0.717) is 6.42 Å². The number of amides is 1. The summed E-state index contributed by atoms with van der Waals surface area (Å²) in [4.78, 5) is 12.5. The van der Waals surface area contributed by atoms with E-state index in [0.717, 1.165) is 77.0 Å². The highest BCUT2D eigenvalue weighted by atomic mass is 16.3. The average molecular weight is 1040 g/mol. The van der Waals surface area contributed by atoms with Crippen LogP contribution in [0.5, 0.6) is 0 Å². The van der Waals surface area contributed by atoms with Crippen LogP contribution in [0.4, 0.5) is 0 Å². The monoisotopic (exact) mass is 1040 g/mol. The van der Waals surface area contributed by atoms with Crippen LogP contribution in [0.2, 0.25) is 0 Å². The molecule has 0 radical (unpaired) electrons. The van der Waals surface area contributed by atoms with E-state index < -0.39 is 12.1 Å². The van der Waals surface area contributed by atoms with Gasteiger partial charge < -0.3 is 15.5 Å². The molecule has 0 aromatic heterocycles. The number of aliphatic hydroxyl groups excluding tert-OH is 2. The zero-order valence-corrected chi connectivity index (χ0v) is 49.8.